The van der Waals surface area contributed by atoms with Gasteiger partial charge in [0.1, 0.15) is 11.6 Å². The predicted octanol–water partition coefficient (Wildman–Crippen LogP) is 1.89. The lowest BCUT2D eigenvalue weighted by Gasteiger charge is -2.08. The molecule has 5 nitrogen and oxygen atoms in total. The van der Waals surface area contributed by atoms with Crippen LogP contribution in [0.1, 0.15) is 17.2 Å². The zero-order chi connectivity index (χ0) is 13.4. The number of hydrogen-bond acceptors (Lipinski definition) is 4. The van der Waals surface area contributed by atoms with Crippen molar-refractivity contribution in [2.24, 2.45) is 5.73 Å². The summed E-state index contributed by atoms with van der Waals surface area (Å²) in [5, 5.41) is 5.45. The Morgan fingerprint density at radius 1 is 1.16 bits per heavy atom. The van der Waals surface area contributed by atoms with Crippen LogP contribution in [0, 0.1) is 13.8 Å². The molecule has 3 rings (SSSR count). The van der Waals surface area contributed by atoms with Crippen LogP contribution in [0.25, 0.3) is 16.7 Å². The van der Waals surface area contributed by atoms with Crippen LogP contribution >= 0.6 is 0 Å². The van der Waals surface area contributed by atoms with Gasteiger partial charge in [-0.2, -0.15) is 4.68 Å². The number of hydrogen-bond donors (Lipinski definition) is 1. The highest BCUT2D eigenvalue weighted by atomic mass is 15.4. The quantitative estimate of drug-likeness (QED) is 0.757. The van der Waals surface area contributed by atoms with Crippen LogP contribution in [0.3, 0.4) is 0 Å². The Balaban J connectivity index is 2.28. The fourth-order valence-electron chi connectivity index (χ4n) is 2.25. The molecule has 0 atom stereocenters. The molecule has 1 aromatic carbocycles. The van der Waals surface area contributed by atoms with E-state index in [9.17, 15) is 0 Å². The van der Waals surface area contributed by atoms with Crippen LogP contribution in [0.4, 0.5) is 0 Å². The van der Waals surface area contributed by atoms with Gasteiger partial charge in [-0.15, -0.1) is 5.10 Å². The van der Waals surface area contributed by atoms with Crippen molar-refractivity contribution in [1.29, 1.82) is 0 Å². The average Bonchev–Trinajstić information content (AvgIpc) is 2.76. The van der Waals surface area contributed by atoms with Crippen LogP contribution in [0.2, 0.25) is 0 Å². The normalized spacial score (nSPS) is 11.1. The summed E-state index contributed by atoms with van der Waals surface area (Å²) in [6.07, 6.45) is 0. The van der Waals surface area contributed by atoms with Gasteiger partial charge in [0.15, 0.2) is 5.82 Å². The summed E-state index contributed by atoms with van der Waals surface area (Å²) in [6, 6.07) is 9.96. The lowest BCUT2D eigenvalue weighted by Crippen LogP contribution is -2.06. The number of aryl methyl sites for hydroxylation is 2. The summed E-state index contributed by atoms with van der Waals surface area (Å²) < 4.78 is 1.75. The van der Waals surface area contributed by atoms with Crippen molar-refractivity contribution in [2.45, 2.75) is 20.4 Å². The van der Waals surface area contributed by atoms with Crippen molar-refractivity contribution in [1.82, 2.24) is 19.7 Å². The molecular formula is C14H15N5. The molecule has 0 bridgehead atoms. The van der Waals surface area contributed by atoms with E-state index >= 15 is 0 Å². The topological polar surface area (TPSA) is 69.6 Å². The van der Waals surface area contributed by atoms with Crippen molar-refractivity contribution in [3.8, 4) is 5.82 Å². The van der Waals surface area contributed by atoms with Gasteiger partial charge < -0.3 is 5.73 Å². The van der Waals surface area contributed by atoms with E-state index in [2.05, 4.69) is 15.1 Å². The molecule has 0 aliphatic heterocycles. The first-order valence-corrected chi connectivity index (χ1v) is 6.18. The fourth-order valence-corrected chi connectivity index (χ4v) is 2.25. The second kappa shape index (κ2) is 4.44. The fraction of sp³-hybridized carbons (Fsp3) is 0.214. The molecule has 0 spiro atoms. The first kappa shape index (κ1) is 11.8. The molecule has 0 radical (unpaired) electrons. The third-order valence-corrected chi connectivity index (χ3v) is 3.10. The summed E-state index contributed by atoms with van der Waals surface area (Å²) in [5.74, 6) is 2.32. The van der Waals surface area contributed by atoms with Crippen LogP contribution in [-0.4, -0.2) is 19.7 Å². The van der Waals surface area contributed by atoms with E-state index in [0.717, 1.165) is 33.9 Å². The largest absolute Gasteiger partial charge is 0.326 e. The third kappa shape index (κ3) is 1.98. The summed E-state index contributed by atoms with van der Waals surface area (Å²) in [4.78, 5) is 8.94. The zero-order valence-corrected chi connectivity index (χ0v) is 11.0. The third-order valence-electron chi connectivity index (χ3n) is 3.10. The summed E-state index contributed by atoms with van der Waals surface area (Å²) in [6.45, 7) is 4.26. The van der Waals surface area contributed by atoms with Gasteiger partial charge in [0.05, 0.1) is 5.52 Å². The number of nitrogens with zero attached hydrogens (tertiary/aromatic N) is 4. The van der Waals surface area contributed by atoms with Crippen molar-refractivity contribution in [2.75, 3.05) is 0 Å². The molecule has 3 aromatic rings. The Morgan fingerprint density at radius 2 is 1.95 bits per heavy atom. The first-order chi connectivity index (χ1) is 9.19. The smallest absolute Gasteiger partial charge is 0.156 e. The zero-order valence-electron chi connectivity index (χ0n) is 11.0. The predicted molar refractivity (Wildman–Crippen MR) is 74.0 cm³/mol. The summed E-state index contributed by atoms with van der Waals surface area (Å²) >= 11 is 0. The second-order valence-corrected chi connectivity index (χ2v) is 4.48. The number of para-hydroxylation sites is 1. The van der Waals surface area contributed by atoms with Gasteiger partial charge in [0, 0.05) is 11.9 Å². The molecule has 0 aliphatic carbocycles. The van der Waals surface area contributed by atoms with Gasteiger partial charge in [0.25, 0.3) is 0 Å². The van der Waals surface area contributed by atoms with E-state index in [1.54, 1.807) is 4.68 Å². The first-order valence-electron chi connectivity index (χ1n) is 6.18. The molecule has 0 saturated carbocycles. The number of fused-ring (bicyclic) bond motifs is 1. The lowest BCUT2D eigenvalue weighted by atomic mass is 10.1. The van der Waals surface area contributed by atoms with Gasteiger partial charge >= 0.3 is 0 Å². The number of pyridine rings is 1. The molecule has 2 aromatic heterocycles. The number of benzene rings is 1. The maximum atomic E-state index is 5.83. The molecule has 5 heteroatoms. The second-order valence-electron chi connectivity index (χ2n) is 4.48. The maximum absolute atomic E-state index is 5.83. The van der Waals surface area contributed by atoms with Crippen molar-refractivity contribution in [3.05, 3.63) is 47.5 Å². The number of rotatable bonds is 2. The van der Waals surface area contributed by atoms with Gasteiger partial charge in [0.2, 0.25) is 0 Å². The van der Waals surface area contributed by atoms with E-state index < -0.39 is 0 Å². The molecule has 0 saturated heterocycles. The van der Waals surface area contributed by atoms with Crippen molar-refractivity contribution in [3.63, 3.8) is 0 Å². The van der Waals surface area contributed by atoms with Gasteiger partial charge in [-0.3, -0.25) is 0 Å². The van der Waals surface area contributed by atoms with Gasteiger partial charge in [-0.1, -0.05) is 18.2 Å². The Morgan fingerprint density at radius 3 is 2.63 bits per heavy atom. The van der Waals surface area contributed by atoms with Crippen LogP contribution in [-0.2, 0) is 6.54 Å². The highest BCUT2D eigenvalue weighted by molar-refractivity contribution is 5.83. The Bertz CT molecular complexity index is 745. The van der Waals surface area contributed by atoms with Crippen molar-refractivity contribution >= 4 is 10.9 Å². The Hall–Kier alpha value is -2.27. The molecule has 2 heterocycles. The minimum atomic E-state index is 0.475. The average molecular weight is 253 g/mol. The van der Waals surface area contributed by atoms with Crippen LogP contribution in [0.15, 0.2) is 30.3 Å². The monoisotopic (exact) mass is 253 g/mol. The molecule has 0 fully saturated rings. The van der Waals surface area contributed by atoms with Crippen molar-refractivity contribution < 1.29 is 0 Å². The maximum Gasteiger partial charge on any atom is 0.156 e. The highest BCUT2D eigenvalue weighted by Gasteiger charge is 2.10. The molecule has 2 N–H and O–H groups in total. The molecule has 19 heavy (non-hydrogen) atoms. The molecule has 96 valence electrons. The van der Waals surface area contributed by atoms with E-state index in [1.807, 2.05) is 44.2 Å². The van der Waals surface area contributed by atoms with E-state index in [1.165, 1.54) is 0 Å². The number of nitrogens with two attached hydrogens (primary N) is 1. The van der Waals surface area contributed by atoms with Crippen LogP contribution < -0.4 is 5.73 Å². The SMILES string of the molecule is Cc1nc(C)n(-c2cc(CN)c3ccccc3n2)n1. The molecule has 0 unspecified atom stereocenters. The Labute approximate surface area is 111 Å². The van der Waals surface area contributed by atoms with E-state index in [-0.39, 0.29) is 0 Å². The van der Waals surface area contributed by atoms with Gasteiger partial charge in [-0.05, 0) is 31.5 Å². The Kier molecular flexibility index (Phi) is 2.76. The summed E-state index contributed by atoms with van der Waals surface area (Å²) in [7, 11) is 0. The minimum Gasteiger partial charge on any atom is -0.326 e. The van der Waals surface area contributed by atoms with Crippen LogP contribution in [0.5, 0.6) is 0 Å². The minimum absolute atomic E-state index is 0.475. The number of aromatic nitrogens is 4. The molecular weight excluding hydrogens is 238 g/mol. The molecule has 0 aliphatic rings. The highest BCUT2D eigenvalue weighted by Crippen LogP contribution is 2.20. The molecule has 0 amide bonds. The van der Waals surface area contributed by atoms with E-state index in [4.69, 9.17) is 5.73 Å². The standard InChI is InChI=1S/C14H15N5/c1-9-16-10(2)19(18-9)14-7-11(8-15)12-5-3-4-6-13(12)17-14/h3-7H,8,15H2,1-2H3. The van der Waals surface area contributed by atoms with E-state index in [0.29, 0.717) is 6.54 Å². The summed E-state index contributed by atoms with van der Waals surface area (Å²) in [5.41, 5.74) is 7.82. The lowest BCUT2D eigenvalue weighted by molar-refractivity contribution is 0.805. The van der Waals surface area contributed by atoms with Gasteiger partial charge in [-0.25, -0.2) is 9.97 Å².